The van der Waals surface area contributed by atoms with E-state index >= 15 is 0 Å². The summed E-state index contributed by atoms with van der Waals surface area (Å²) in [6.45, 7) is 2.47. The van der Waals surface area contributed by atoms with Gasteiger partial charge in [-0.25, -0.2) is 0 Å². The number of amides is 2. The molecule has 80 valence electrons. The van der Waals surface area contributed by atoms with E-state index in [0.717, 1.165) is 12.8 Å². The summed E-state index contributed by atoms with van der Waals surface area (Å²) in [6, 6.07) is 0.218. The highest BCUT2D eigenvalue weighted by Crippen LogP contribution is 2.21. The highest BCUT2D eigenvalue weighted by molar-refractivity contribution is 9.09. The van der Waals surface area contributed by atoms with Crippen molar-refractivity contribution in [2.75, 3.05) is 11.9 Å². The van der Waals surface area contributed by atoms with Gasteiger partial charge in [-0.1, -0.05) is 15.9 Å². The number of hydrogen-bond donors (Lipinski definition) is 1. The monoisotopic (exact) mass is 262 g/mol. The maximum Gasteiger partial charge on any atom is 0.233 e. The molecule has 0 bridgehead atoms. The zero-order valence-corrected chi connectivity index (χ0v) is 9.79. The second-order valence-electron chi connectivity index (χ2n) is 3.71. The predicted molar refractivity (Wildman–Crippen MR) is 56.9 cm³/mol. The summed E-state index contributed by atoms with van der Waals surface area (Å²) < 4.78 is 0. The number of carbonyl (C=O) groups is 2. The Morgan fingerprint density at radius 1 is 1.50 bits per heavy atom. The molecule has 1 heterocycles. The Labute approximate surface area is 91.9 Å². The fraction of sp³-hybridized carbons (Fsp3) is 0.778. The molecule has 2 unspecified atom stereocenters. The number of nitrogens with zero attached hydrogens (tertiary/aromatic N) is 1. The number of likely N-dealkylation sites (tertiary alicyclic amines) is 1. The Balaban J connectivity index is 2.64. The molecule has 0 radical (unpaired) electrons. The summed E-state index contributed by atoms with van der Waals surface area (Å²) in [5.74, 6) is -0.443. The van der Waals surface area contributed by atoms with E-state index in [-0.39, 0.29) is 23.8 Å². The van der Waals surface area contributed by atoms with Gasteiger partial charge >= 0.3 is 0 Å². The van der Waals surface area contributed by atoms with Crippen molar-refractivity contribution in [1.29, 1.82) is 0 Å². The molecule has 0 aromatic carbocycles. The van der Waals surface area contributed by atoms with Gasteiger partial charge in [-0.2, -0.15) is 0 Å². The lowest BCUT2D eigenvalue weighted by Gasteiger charge is -2.36. The normalized spacial score (nSPS) is 27.4. The number of rotatable bonds is 2. The van der Waals surface area contributed by atoms with Crippen LogP contribution in [0.4, 0.5) is 0 Å². The summed E-state index contributed by atoms with van der Waals surface area (Å²) in [7, 11) is 0. The Hall–Kier alpha value is -0.580. The molecule has 1 aliphatic rings. The molecule has 1 saturated heterocycles. The van der Waals surface area contributed by atoms with Gasteiger partial charge in [-0.3, -0.25) is 9.59 Å². The number of halogens is 1. The van der Waals surface area contributed by atoms with Crippen molar-refractivity contribution in [3.8, 4) is 0 Å². The first-order chi connectivity index (χ1) is 6.56. The Bertz CT molecular complexity index is 245. The number of carbonyl (C=O) groups excluding carboxylic acids is 2. The number of piperidine rings is 1. The van der Waals surface area contributed by atoms with Crippen molar-refractivity contribution in [3.63, 3.8) is 0 Å². The van der Waals surface area contributed by atoms with Crippen molar-refractivity contribution in [2.24, 2.45) is 11.7 Å². The molecule has 2 N–H and O–H groups in total. The van der Waals surface area contributed by atoms with Crippen molar-refractivity contribution in [1.82, 2.24) is 4.90 Å². The van der Waals surface area contributed by atoms with E-state index < -0.39 is 0 Å². The molecule has 0 aliphatic carbocycles. The van der Waals surface area contributed by atoms with Crippen LogP contribution in [0, 0.1) is 5.92 Å². The first-order valence-corrected chi connectivity index (χ1v) is 5.83. The Morgan fingerprint density at radius 2 is 2.14 bits per heavy atom. The van der Waals surface area contributed by atoms with Crippen molar-refractivity contribution in [2.45, 2.75) is 25.8 Å². The summed E-state index contributed by atoms with van der Waals surface area (Å²) in [6.07, 6.45) is 1.65. The third-order valence-electron chi connectivity index (χ3n) is 2.72. The van der Waals surface area contributed by atoms with Crippen LogP contribution in [0.15, 0.2) is 0 Å². The quantitative estimate of drug-likeness (QED) is 0.737. The highest BCUT2D eigenvalue weighted by Gasteiger charge is 2.30. The van der Waals surface area contributed by atoms with Gasteiger partial charge in [0.2, 0.25) is 11.8 Å². The van der Waals surface area contributed by atoms with Crippen molar-refractivity contribution in [3.05, 3.63) is 0 Å². The van der Waals surface area contributed by atoms with Crippen LogP contribution >= 0.6 is 15.9 Å². The van der Waals surface area contributed by atoms with Crippen LogP contribution in [0.25, 0.3) is 0 Å². The second-order valence-corrected chi connectivity index (χ2v) is 4.27. The smallest absolute Gasteiger partial charge is 0.233 e. The van der Waals surface area contributed by atoms with Crippen LogP contribution in [-0.4, -0.2) is 34.6 Å². The first-order valence-electron chi connectivity index (χ1n) is 4.71. The van der Waals surface area contributed by atoms with E-state index in [9.17, 15) is 9.59 Å². The summed E-state index contributed by atoms with van der Waals surface area (Å²) in [5.41, 5.74) is 5.23. The molecule has 14 heavy (non-hydrogen) atoms. The fourth-order valence-electron chi connectivity index (χ4n) is 1.76. The molecule has 1 fully saturated rings. The number of hydrogen-bond acceptors (Lipinski definition) is 2. The average molecular weight is 263 g/mol. The molecule has 0 aromatic rings. The fourth-order valence-corrected chi connectivity index (χ4v) is 2.09. The third-order valence-corrected chi connectivity index (χ3v) is 3.20. The van der Waals surface area contributed by atoms with Crippen LogP contribution in [0.1, 0.15) is 19.8 Å². The maximum absolute atomic E-state index is 11.5. The molecule has 1 aliphatic heterocycles. The highest BCUT2D eigenvalue weighted by atomic mass is 79.9. The molecule has 0 spiro atoms. The summed E-state index contributed by atoms with van der Waals surface area (Å²) in [4.78, 5) is 24.2. The van der Waals surface area contributed by atoms with E-state index in [1.165, 1.54) is 0 Å². The average Bonchev–Trinajstić information content (AvgIpc) is 2.17. The van der Waals surface area contributed by atoms with Gasteiger partial charge in [0.15, 0.2) is 0 Å². The van der Waals surface area contributed by atoms with E-state index in [2.05, 4.69) is 15.9 Å². The van der Waals surface area contributed by atoms with Crippen molar-refractivity contribution < 1.29 is 9.59 Å². The van der Waals surface area contributed by atoms with Crippen LogP contribution in [0.3, 0.4) is 0 Å². The molecule has 0 saturated carbocycles. The predicted octanol–water partition coefficient (Wildman–Crippen LogP) is 0.494. The van der Waals surface area contributed by atoms with E-state index in [0.29, 0.717) is 11.9 Å². The molecule has 0 aromatic heterocycles. The van der Waals surface area contributed by atoms with Gasteiger partial charge in [0.1, 0.15) is 0 Å². The summed E-state index contributed by atoms with van der Waals surface area (Å²) >= 11 is 3.13. The van der Waals surface area contributed by atoms with Crippen molar-refractivity contribution >= 4 is 27.7 Å². The molecule has 4 nitrogen and oxygen atoms in total. The van der Waals surface area contributed by atoms with Crippen LogP contribution < -0.4 is 5.73 Å². The minimum Gasteiger partial charge on any atom is -0.369 e. The van der Waals surface area contributed by atoms with Crippen LogP contribution in [0.5, 0.6) is 0 Å². The van der Waals surface area contributed by atoms with Gasteiger partial charge in [-0.15, -0.1) is 0 Å². The SMILES string of the molecule is CC1CCC(C(N)=O)CN1C(=O)CBr. The summed E-state index contributed by atoms with van der Waals surface area (Å²) in [5, 5.41) is 0.308. The minimum absolute atomic E-state index is 0.0310. The van der Waals surface area contributed by atoms with E-state index in [1.54, 1.807) is 4.90 Å². The van der Waals surface area contributed by atoms with Gasteiger partial charge in [-0.05, 0) is 19.8 Å². The third kappa shape index (κ3) is 2.47. The van der Waals surface area contributed by atoms with Gasteiger partial charge in [0.05, 0.1) is 11.2 Å². The van der Waals surface area contributed by atoms with Gasteiger partial charge < -0.3 is 10.6 Å². The van der Waals surface area contributed by atoms with Crippen LogP contribution in [-0.2, 0) is 9.59 Å². The number of alkyl halides is 1. The molecule has 2 atom stereocenters. The topological polar surface area (TPSA) is 63.4 Å². The van der Waals surface area contributed by atoms with Gasteiger partial charge in [0, 0.05) is 12.6 Å². The largest absolute Gasteiger partial charge is 0.369 e. The Morgan fingerprint density at radius 3 is 2.64 bits per heavy atom. The van der Waals surface area contributed by atoms with E-state index in [1.807, 2.05) is 6.92 Å². The molecule has 2 amide bonds. The number of primary amides is 1. The standard InChI is InChI=1S/C9H15BrN2O2/c1-6-2-3-7(9(11)14)5-12(6)8(13)4-10/h6-7H,2-5H2,1H3,(H2,11,14). The molecule has 5 heteroatoms. The molecular formula is C9H15BrN2O2. The zero-order chi connectivity index (χ0) is 10.7. The lowest BCUT2D eigenvalue weighted by molar-refractivity contribution is -0.135. The lowest BCUT2D eigenvalue weighted by atomic mass is 9.93. The molecule has 1 rings (SSSR count). The minimum atomic E-state index is -0.302. The van der Waals surface area contributed by atoms with Crippen LogP contribution in [0.2, 0.25) is 0 Å². The zero-order valence-electron chi connectivity index (χ0n) is 8.20. The molecular weight excluding hydrogens is 248 g/mol. The Kier molecular flexibility index (Phi) is 3.92. The maximum atomic E-state index is 11.5. The number of nitrogens with two attached hydrogens (primary N) is 1. The second kappa shape index (κ2) is 4.77. The van der Waals surface area contributed by atoms with Gasteiger partial charge in [0.25, 0.3) is 0 Å². The van der Waals surface area contributed by atoms with E-state index in [4.69, 9.17) is 5.73 Å². The lowest BCUT2D eigenvalue weighted by Crippen LogP contribution is -2.49. The first kappa shape index (κ1) is 11.5.